The fourth-order valence-electron chi connectivity index (χ4n) is 1.67. The molecule has 0 radical (unpaired) electrons. The molecule has 1 rings (SSSR count). The zero-order chi connectivity index (χ0) is 15.1. The molecule has 0 aliphatic rings. The lowest BCUT2D eigenvalue weighted by Gasteiger charge is -2.24. The predicted molar refractivity (Wildman–Crippen MR) is 82.7 cm³/mol. The average Bonchev–Trinajstić information content (AvgIpc) is 2.39. The van der Waals surface area contributed by atoms with E-state index in [1.54, 1.807) is 12.1 Å². The Balaban J connectivity index is 2.48. The van der Waals surface area contributed by atoms with Crippen molar-refractivity contribution in [3.05, 3.63) is 24.3 Å². The molecule has 0 heterocycles. The SMILES string of the molecule is CC(C)OCCN(C)C(C)C(=O)Nc1ccccc1N. The van der Waals surface area contributed by atoms with Crippen molar-refractivity contribution in [2.24, 2.45) is 0 Å². The second kappa shape index (κ2) is 7.87. The summed E-state index contributed by atoms with van der Waals surface area (Å²) in [5.41, 5.74) is 7.03. The Morgan fingerprint density at radius 3 is 2.60 bits per heavy atom. The fourth-order valence-corrected chi connectivity index (χ4v) is 1.67. The van der Waals surface area contributed by atoms with Gasteiger partial charge in [0.05, 0.1) is 30.1 Å². The van der Waals surface area contributed by atoms with Crippen molar-refractivity contribution < 1.29 is 9.53 Å². The van der Waals surface area contributed by atoms with Gasteiger partial charge in [-0.05, 0) is 40.0 Å². The highest BCUT2D eigenvalue weighted by atomic mass is 16.5. The van der Waals surface area contributed by atoms with Gasteiger partial charge in [-0.25, -0.2) is 0 Å². The minimum Gasteiger partial charge on any atom is -0.397 e. The van der Waals surface area contributed by atoms with Crippen LogP contribution in [0.4, 0.5) is 11.4 Å². The van der Waals surface area contributed by atoms with E-state index in [4.69, 9.17) is 10.5 Å². The van der Waals surface area contributed by atoms with Crippen molar-refractivity contribution in [2.45, 2.75) is 32.9 Å². The molecule has 0 aliphatic carbocycles. The molecule has 1 atom stereocenters. The number of amides is 1. The van der Waals surface area contributed by atoms with Gasteiger partial charge < -0.3 is 15.8 Å². The smallest absolute Gasteiger partial charge is 0.241 e. The summed E-state index contributed by atoms with van der Waals surface area (Å²) in [4.78, 5) is 14.1. The van der Waals surface area contributed by atoms with E-state index < -0.39 is 0 Å². The maximum atomic E-state index is 12.2. The van der Waals surface area contributed by atoms with Crippen LogP contribution >= 0.6 is 0 Å². The zero-order valence-electron chi connectivity index (χ0n) is 12.7. The minimum atomic E-state index is -0.245. The van der Waals surface area contributed by atoms with Crippen LogP contribution in [0.5, 0.6) is 0 Å². The molecule has 0 aromatic heterocycles. The third kappa shape index (κ3) is 5.19. The second-order valence-electron chi connectivity index (χ2n) is 5.15. The molecule has 1 amide bonds. The Morgan fingerprint density at radius 1 is 1.35 bits per heavy atom. The van der Waals surface area contributed by atoms with Gasteiger partial charge in [0.2, 0.25) is 5.91 Å². The van der Waals surface area contributed by atoms with Gasteiger partial charge in [0.25, 0.3) is 0 Å². The quantitative estimate of drug-likeness (QED) is 0.749. The summed E-state index contributed by atoms with van der Waals surface area (Å²) in [5.74, 6) is -0.0741. The average molecular weight is 279 g/mol. The molecule has 0 saturated carbocycles. The number of para-hydroxylation sites is 2. The number of nitrogens with two attached hydrogens (primary N) is 1. The van der Waals surface area contributed by atoms with Gasteiger partial charge in [0.1, 0.15) is 0 Å². The first kappa shape index (κ1) is 16.5. The van der Waals surface area contributed by atoms with Crippen LogP contribution in [0.15, 0.2) is 24.3 Å². The van der Waals surface area contributed by atoms with Crippen LogP contribution in [0.1, 0.15) is 20.8 Å². The lowest BCUT2D eigenvalue weighted by Crippen LogP contribution is -2.41. The number of rotatable bonds is 7. The van der Waals surface area contributed by atoms with Gasteiger partial charge in [-0.2, -0.15) is 0 Å². The topological polar surface area (TPSA) is 67.6 Å². The summed E-state index contributed by atoms with van der Waals surface area (Å²) < 4.78 is 5.49. The highest BCUT2D eigenvalue weighted by molar-refractivity contribution is 5.96. The summed E-state index contributed by atoms with van der Waals surface area (Å²) in [6, 6.07) is 6.99. The molecule has 0 spiro atoms. The van der Waals surface area contributed by atoms with Gasteiger partial charge in [-0.1, -0.05) is 12.1 Å². The van der Waals surface area contributed by atoms with Gasteiger partial charge in [-0.3, -0.25) is 9.69 Å². The van der Waals surface area contributed by atoms with Crippen molar-refractivity contribution in [1.29, 1.82) is 0 Å². The number of anilines is 2. The zero-order valence-corrected chi connectivity index (χ0v) is 12.7. The first-order valence-electron chi connectivity index (χ1n) is 6.89. The standard InChI is InChI=1S/C15H25N3O2/c1-11(2)20-10-9-18(4)12(3)15(19)17-14-8-6-5-7-13(14)16/h5-8,11-12H,9-10,16H2,1-4H3,(H,17,19). The molecule has 112 valence electrons. The summed E-state index contributed by atoms with van der Waals surface area (Å²) in [5, 5.41) is 2.84. The number of likely N-dealkylation sites (N-methyl/N-ethyl adjacent to an activating group) is 1. The Hall–Kier alpha value is -1.59. The molecule has 0 fully saturated rings. The molecule has 20 heavy (non-hydrogen) atoms. The Morgan fingerprint density at radius 2 is 2.00 bits per heavy atom. The Labute approximate surface area is 121 Å². The molecule has 0 aliphatic heterocycles. The minimum absolute atomic E-state index is 0.0741. The van der Waals surface area contributed by atoms with Crippen LogP contribution < -0.4 is 11.1 Å². The fraction of sp³-hybridized carbons (Fsp3) is 0.533. The first-order valence-corrected chi connectivity index (χ1v) is 6.89. The lowest BCUT2D eigenvalue weighted by atomic mass is 10.2. The van der Waals surface area contributed by atoms with E-state index in [0.29, 0.717) is 24.5 Å². The number of benzene rings is 1. The highest BCUT2D eigenvalue weighted by Crippen LogP contribution is 2.17. The summed E-state index contributed by atoms with van der Waals surface area (Å²) >= 11 is 0. The Kier molecular flexibility index (Phi) is 6.48. The van der Waals surface area contributed by atoms with Gasteiger partial charge in [0, 0.05) is 6.54 Å². The van der Waals surface area contributed by atoms with E-state index in [1.807, 2.05) is 44.9 Å². The van der Waals surface area contributed by atoms with Crippen LogP contribution in [0, 0.1) is 0 Å². The van der Waals surface area contributed by atoms with Crippen molar-refractivity contribution in [2.75, 3.05) is 31.2 Å². The Bertz CT molecular complexity index is 435. The molecule has 0 bridgehead atoms. The first-order chi connectivity index (χ1) is 9.41. The summed E-state index contributed by atoms with van der Waals surface area (Å²) in [6.07, 6.45) is 0.205. The number of nitrogens with zero attached hydrogens (tertiary/aromatic N) is 1. The molecule has 5 heteroatoms. The van der Waals surface area contributed by atoms with E-state index >= 15 is 0 Å². The predicted octanol–water partition coefficient (Wildman–Crippen LogP) is 1.95. The lowest BCUT2D eigenvalue weighted by molar-refractivity contribution is -0.120. The normalized spacial score (nSPS) is 12.7. The molecule has 1 aromatic carbocycles. The van der Waals surface area contributed by atoms with Crippen molar-refractivity contribution >= 4 is 17.3 Å². The molecule has 3 N–H and O–H groups in total. The summed E-state index contributed by atoms with van der Waals surface area (Å²) in [6.45, 7) is 7.17. The molecule has 0 saturated heterocycles. The maximum Gasteiger partial charge on any atom is 0.241 e. The monoisotopic (exact) mass is 279 g/mol. The largest absolute Gasteiger partial charge is 0.397 e. The number of nitrogens with one attached hydrogen (secondary N) is 1. The van der Waals surface area contributed by atoms with Crippen LogP contribution in [0.3, 0.4) is 0 Å². The number of hydrogen-bond acceptors (Lipinski definition) is 4. The van der Waals surface area contributed by atoms with E-state index in [1.165, 1.54) is 0 Å². The van der Waals surface area contributed by atoms with Crippen LogP contribution in [-0.2, 0) is 9.53 Å². The second-order valence-corrected chi connectivity index (χ2v) is 5.15. The van der Waals surface area contributed by atoms with E-state index in [2.05, 4.69) is 5.32 Å². The van der Waals surface area contributed by atoms with Crippen LogP contribution in [0.2, 0.25) is 0 Å². The van der Waals surface area contributed by atoms with Gasteiger partial charge in [-0.15, -0.1) is 0 Å². The third-order valence-electron chi connectivity index (χ3n) is 3.15. The maximum absolute atomic E-state index is 12.2. The van der Waals surface area contributed by atoms with Crippen molar-refractivity contribution in [3.63, 3.8) is 0 Å². The molecule has 1 aromatic rings. The van der Waals surface area contributed by atoms with Crippen molar-refractivity contribution in [1.82, 2.24) is 4.90 Å². The number of nitrogen functional groups attached to an aromatic ring is 1. The molecule has 5 nitrogen and oxygen atoms in total. The third-order valence-corrected chi connectivity index (χ3v) is 3.15. The number of hydrogen-bond donors (Lipinski definition) is 2. The van der Waals surface area contributed by atoms with Gasteiger partial charge >= 0.3 is 0 Å². The van der Waals surface area contributed by atoms with E-state index in [9.17, 15) is 4.79 Å². The molecular weight excluding hydrogens is 254 g/mol. The van der Waals surface area contributed by atoms with Crippen LogP contribution in [-0.4, -0.2) is 43.2 Å². The van der Waals surface area contributed by atoms with Crippen molar-refractivity contribution in [3.8, 4) is 0 Å². The molecular formula is C15H25N3O2. The number of ether oxygens (including phenoxy) is 1. The number of carbonyl (C=O) groups excluding carboxylic acids is 1. The molecule has 1 unspecified atom stereocenters. The highest BCUT2D eigenvalue weighted by Gasteiger charge is 2.18. The number of carbonyl (C=O) groups is 1. The van der Waals surface area contributed by atoms with Crippen LogP contribution in [0.25, 0.3) is 0 Å². The summed E-state index contributed by atoms with van der Waals surface area (Å²) in [7, 11) is 1.91. The van der Waals surface area contributed by atoms with E-state index in [0.717, 1.165) is 0 Å². The van der Waals surface area contributed by atoms with Gasteiger partial charge in [0.15, 0.2) is 0 Å². The van der Waals surface area contributed by atoms with E-state index in [-0.39, 0.29) is 18.1 Å².